The standard InChI is InChI=1S/C18H31ClNO4P/c1-13(15-10-8-14(12-19)9-11-15)23-20(18(5,6)7)16(17(2,3)4)24-25(21)22/h8-11,13,16,25H,12H2,1-7H3,(H,21,22). The van der Waals surface area contributed by atoms with Crippen LogP contribution in [0.25, 0.3) is 0 Å². The van der Waals surface area contributed by atoms with Gasteiger partial charge in [0.15, 0.2) is 0 Å². The van der Waals surface area contributed by atoms with Crippen molar-refractivity contribution < 1.29 is 18.8 Å². The molecule has 25 heavy (non-hydrogen) atoms. The molecule has 1 rings (SSSR count). The predicted molar refractivity (Wildman–Crippen MR) is 103 cm³/mol. The lowest BCUT2D eigenvalue weighted by molar-refractivity contribution is -0.316. The van der Waals surface area contributed by atoms with Gasteiger partial charge in [-0.1, -0.05) is 45.0 Å². The third-order valence-electron chi connectivity index (χ3n) is 3.70. The number of hydroxylamine groups is 2. The lowest BCUT2D eigenvalue weighted by Gasteiger charge is -2.45. The van der Waals surface area contributed by atoms with Gasteiger partial charge in [-0.3, -0.25) is 13.9 Å². The van der Waals surface area contributed by atoms with Crippen LogP contribution in [0.1, 0.15) is 65.7 Å². The summed E-state index contributed by atoms with van der Waals surface area (Å²) in [5.74, 6) is 0.467. The minimum atomic E-state index is -3.11. The van der Waals surface area contributed by atoms with Gasteiger partial charge in [0.2, 0.25) is 0 Å². The molecule has 0 aliphatic heterocycles. The predicted octanol–water partition coefficient (Wildman–Crippen LogP) is 5.29. The zero-order chi connectivity index (χ0) is 19.4. The Bertz CT molecular complexity index is 566. The van der Waals surface area contributed by atoms with E-state index in [-0.39, 0.29) is 6.10 Å². The number of nitrogens with zero attached hydrogens (tertiary/aromatic N) is 1. The molecule has 0 heterocycles. The average Bonchev–Trinajstić information content (AvgIpc) is 2.48. The Morgan fingerprint density at radius 2 is 1.68 bits per heavy atom. The quantitative estimate of drug-likeness (QED) is 0.296. The molecule has 0 saturated carbocycles. The number of hydrogen-bond acceptors (Lipinski definition) is 4. The minimum Gasteiger partial charge on any atom is -0.326 e. The monoisotopic (exact) mass is 391 g/mol. The lowest BCUT2D eigenvalue weighted by Crippen LogP contribution is -2.53. The van der Waals surface area contributed by atoms with Crippen molar-refractivity contribution >= 4 is 19.9 Å². The summed E-state index contributed by atoms with van der Waals surface area (Å²) in [6, 6.07) is 7.89. The molecule has 0 amide bonds. The van der Waals surface area contributed by atoms with Gasteiger partial charge >= 0.3 is 8.25 Å². The molecule has 0 aliphatic carbocycles. The molecule has 0 aromatic heterocycles. The Balaban J connectivity index is 3.10. The molecule has 1 aromatic rings. The fraction of sp³-hybridized carbons (Fsp3) is 0.667. The largest absolute Gasteiger partial charge is 0.326 e. The number of hydrogen-bond donors (Lipinski definition) is 1. The minimum absolute atomic E-state index is 0.252. The summed E-state index contributed by atoms with van der Waals surface area (Å²) < 4.78 is 16.7. The molecule has 1 N–H and O–H groups in total. The smallest absolute Gasteiger partial charge is 0.318 e. The van der Waals surface area contributed by atoms with E-state index in [0.717, 1.165) is 11.1 Å². The van der Waals surface area contributed by atoms with Crippen molar-refractivity contribution in [3.8, 4) is 0 Å². The highest BCUT2D eigenvalue weighted by atomic mass is 35.5. The zero-order valence-corrected chi connectivity index (χ0v) is 17.9. The third-order valence-corrected chi connectivity index (χ3v) is 4.44. The van der Waals surface area contributed by atoms with E-state index >= 15 is 0 Å². The Labute approximate surface area is 157 Å². The van der Waals surface area contributed by atoms with E-state index in [0.29, 0.717) is 5.88 Å². The molecule has 1 aromatic carbocycles. The van der Waals surface area contributed by atoms with Crippen LogP contribution in [0, 0.1) is 5.41 Å². The molecule has 3 unspecified atom stereocenters. The third kappa shape index (κ3) is 7.01. The first-order valence-electron chi connectivity index (χ1n) is 8.36. The molecule has 0 fully saturated rings. The molecule has 0 bridgehead atoms. The van der Waals surface area contributed by atoms with Crippen LogP contribution >= 0.6 is 19.9 Å². The van der Waals surface area contributed by atoms with E-state index in [1.165, 1.54) is 0 Å². The maximum absolute atomic E-state index is 11.4. The number of halogens is 1. The van der Waals surface area contributed by atoms with Gasteiger partial charge in [0, 0.05) is 16.8 Å². The molecule has 0 saturated heterocycles. The second kappa shape index (κ2) is 8.98. The van der Waals surface area contributed by atoms with Crippen LogP contribution in [0.2, 0.25) is 0 Å². The van der Waals surface area contributed by atoms with Crippen molar-refractivity contribution in [1.82, 2.24) is 5.06 Å². The Morgan fingerprint density at radius 1 is 1.16 bits per heavy atom. The normalized spacial score (nSPS) is 16.7. The van der Waals surface area contributed by atoms with Crippen LogP contribution in [0.15, 0.2) is 24.3 Å². The first-order valence-corrected chi connectivity index (χ1v) is 10.2. The molecular weight excluding hydrogens is 361 g/mol. The van der Waals surface area contributed by atoms with Gasteiger partial charge in [0.05, 0.1) is 0 Å². The summed E-state index contributed by atoms with van der Waals surface area (Å²) in [6.45, 7) is 13.7. The average molecular weight is 392 g/mol. The van der Waals surface area contributed by atoms with E-state index in [9.17, 15) is 9.46 Å². The van der Waals surface area contributed by atoms with Crippen LogP contribution < -0.4 is 0 Å². The summed E-state index contributed by atoms with van der Waals surface area (Å²) in [4.78, 5) is 15.5. The zero-order valence-electron chi connectivity index (χ0n) is 16.2. The van der Waals surface area contributed by atoms with Gasteiger partial charge in [-0.15, -0.1) is 11.6 Å². The van der Waals surface area contributed by atoms with Gasteiger partial charge in [-0.25, -0.2) is 0 Å². The van der Waals surface area contributed by atoms with Crippen LogP contribution in [-0.2, 0) is 19.8 Å². The van der Waals surface area contributed by atoms with Crippen LogP contribution in [-0.4, -0.2) is 21.7 Å². The van der Waals surface area contributed by atoms with Crippen molar-refractivity contribution in [2.75, 3.05) is 0 Å². The molecule has 0 radical (unpaired) electrons. The van der Waals surface area contributed by atoms with E-state index < -0.39 is 25.4 Å². The number of rotatable bonds is 7. The number of alkyl halides is 1. The van der Waals surface area contributed by atoms with Crippen molar-refractivity contribution in [3.05, 3.63) is 35.4 Å². The SMILES string of the molecule is CC(ON(C(O[PH](=O)O)C(C)(C)C)C(C)(C)C)c1ccc(CCl)cc1. The first-order chi connectivity index (χ1) is 11.4. The van der Waals surface area contributed by atoms with Crippen molar-refractivity contribution in [1.29, 1.82) is 0 Å². The fourth-order valence-corrected chi connectivity index (χ4v) is 3.16. The van der Waals surface area contributed by atoms with Gasteiger partial charge in [-0.05, 0) is 38.8 Å². The molecule has 0 aliphatic rings. The van der Waals surface area contributed by atoms with Gasteiger partial charge < -0.3 is 4.89 Å². The Morgan fingerprint density at radius 3 is 2.04 bits per heavy atom. The van der Waals surface area contributed by atoms with Crippen molar-refractivity contribution in [2.45, 2.75) is 72.2 Å². The summed E-state index contributed by atoms with van der Waals surface area (Å²) >= 11 is 5.84. The highest BCUT2D eigenvalue weighted by Crippen LogP contribution is 2.38. The highest BCUT2D eigenvalue weighted by Gasteiger charge is 2.40. The maximum atomic E-state index is 11.4. The summed E-state index contributed by atoms with van der Waals surface area (Å²) in [5, 5.41) is 1.69. The topological polar surface area (TPSA) is 59.0 Å². The molecule has 3 atom stereocenters. The van der Waals surface area contributed by atoms with Crippen LogP contribution in [0.4, 0.5) is 0 Å². The summed E-state index contributed by atoms with van der Waals surface area (Å²) in [7, 11) is -3.11. The Kier molecular flexibility index (Phi) is 8.13. The second-order valence-corrected chi connectivity index (χ2v) is 9.26. The molecule has 0 spiro atoms. The van der Waals surface area contributed by atoms with E-state index in [1.807, 2.05) is 72.7 Å². The van der Waals surface area contributed by atoms with Crippen LogP contribution in [0.3, 0.4) is 0 Å². The molecule has 5 nitrogen and oxygen atoms in total. The molecular formula is C18H31ClNO4P. The van der Waals surface area contributed by atoms with E-state index in [1.54, 1.807) is 5.06 Å². The van der Waals surface area contributed by atoms with Crippen molar-refractivity contribution in [3.63, 3.8) is 0 Å². The summed E-state index contributed by atoms with van der Waals surface area (Å²) in [5.41, 5.74) is 1.19. The Hall–Kier alpha value is -0.420. The molecule has 7 heteroatoms. The van der Waals surface area contributed by atoms with Gasteiger partial charge in [-0.2, -0.15) is 5.06 Å². The van der Waals surface area contributed by atoms with Crippen LogP contribution in [0.5, 0.6) is 0 Å². The second-order valence-electron chi connectivity index (χ2n) is 8.22. The van der Waals surface area contributed by atoms with E-state index in [4.69, 9.17) is 21.0 Å². The lowest BCUT2D eigenvalue weighted by atomic mass is 9.92. The van der Waals surface area contributed by atoms with E-state index in [2.05, 4.69) is 0 Å². The van der Waals surface area contributed by atoms with Crippen molar-refractivity contribution in [2.24, 2.45) is 5.41 Å². The highest BCUT2D eigenvalue weighted by molar-refractivity contribution is 7.32. The maximum Gasteiger partial charge on any atom is 0.318 e. The summed E-state index contributed by atoms with van der Waals surface area (Å²) in [6.07, 6.45) is -0.925. The fourth-order valence-electron chi connectivity index (χ4n) is 2.35. The van der Waals surface area contributed by atoms with Gasteiger partial charge in [0.1, 0.15) is 12.3 Å². The number of benzene rings is 1. The van der Waals surface area contributed by atoms with Gasteiger partial charge in [0.25, 0.3) is 0 Å². The molecule has 144 valence electrons. The first kappa shape index (κ1) is 22.6.